The Morgan fingerprint density at radius 3 is 2.57 bits per heavy atom. The summed E-state index contributed by atoms with van der Waals surface area (Å²) in [5.41, 5.74) is 1.09. The average molecular weight is 546 g/mol. The Kier molecular flexibility index (Phi) is 10.4. The number of nitrogens with zero attached hydrogens (tertiary/aromatic N) is 6. The first-order chi connectivity index (χ1) is 14.2. The molecule has 1 saturated heterocycles. The first kappa shape index (κ1) is 24.4. The third-order valence-electron chi connectivity index (χ3n) is 4.79. The Hall–Kier alpha value is -1.88. The molecule has 3 rings (SSSR count). The molecule has 0 bridgehead atoms. The number of hydrogen-bond donors (Lipinski definition) is 1. The van der Waals surface area contributed by atoms with Gasteiger partial charge in [-0.1, -0.05) is 23.7 Å². The minimum absolute atomic E-state index is 0. The third kappa shape index (κ3) is 7.42. The Labute approximate surface area is 199 Å². The van der Waals surface area contributed by atoms with Gasteiger partial charge in [0.2, 0.25) is 5.91 Å². The van der Waals surface area contributed by atoms with Gasteiger partial charge >= 0.3 is 0 Å². The largest absolute Gasteiger partial charge is 0.357 e. The third-order valence-corrected chi connectivity index (χ3v) is 5.04. The van der Waals surface area contributed by atoms with Gasteiger partial charge in [0.25, 0.3) is 0 Å². The molecule has 1 aromatic carbocycles. The number of halogens is 2. The van der Waals surface area contributed by atoms with E-state index in [2.05, 4.69) is 15.5 Å². The molecule has 8 nitrogen and oxygen atoms in total. The molecule has 0 radical (unpaired) electrons. The second kappa shape index (κ2) is 12.7. The zero-order valence-electron chi connectivity index (χ0n) is 17.2. The molecule has 1 amide bonds. The lowest BCUT2D eigenvalue weighted by atomic mass is 10.2. The van der Waals surface area contributed by atoms with Crippen LogP contribution >= 0.6 is 35.6 Å². The van der Waals surface area contributed by atoms with Crippen molar-refractivity contribution in [1.29, 1.82) is 0 Å². The topological polar surface area (TPSA) is 78.7 Å². The van der Waals surface area contributed by atoms with E-state index < -0.39 is 0 Å². The maximum absolute atomic E-state index is 12.7. The molecule has 30 heavy (non-hydrogen) atoms. The molecule has 0 spiro atoms. The van der Waals surface area contributed by atoms with Gasteiger partial charge in [-0.05, 0) is 37.5 Å². The van der Waals surface area contributed by atoms with Crippen LogP contribution in [-0.2, 0) is 17.9 Å². The molecular formula is C20H29ClIN7O. The quantitative estimate of drug-likeness (QED) is 0.239. The van der Waals surface area contributed by atoms with Crippen LogP contribution in [0.2, 0.25) is 5.02 Å². The molecule has 0 saturated carbocycles. The van der Waals surface area contributed by atoms with E-state index in [9.17, 15) is 4.79 Å². The number of guanidine groups is 1. The van der Waals surface area contributed by atoms with Crippen LogP contribution in [0.1, 0.15) is 25.3 Å². The molecule has 1 N–H and O–H groups in total. The number of aromatic nitrogens is 3. The summed E-state index contributed by atoms with van der Waals surface area (Å²) < 4.78 is 1.97. The number of nitrogens with one attached hydrogen (secondary N) is 1. The summed E-state index contributed by atoms with van der Waals surface area (Å²) >= 11 is 5.94. The SMILES string of the molecule is CCNC(=NCCCCn1cnnc1)N1CCN(Cc2ccc(Cl)cc2)C(=O)C1.I. The number of benzene rings is 1. The maximum atomic E-state index is 12.7. The zero-order chi connectivity index (χ0) is 20.5. The van der Waals surface area contributed by atoms with E-state index in [1.165, 1.54) is 0 Å². The average Bonchev–Trinajstić information content (AvgIpc) is 3.23. The normalized spacial score (nSPS) is 14.6. The summed E-state index contributed by atoms with van der Waals surface area (Å²) in [4.78, 5) is 21.3. The van der Waals surface area contributed by atoms with Crippen molar-refractivity contribution >= 4 is 47.4 Å². The molecule has 10 heteroatoms. The van der Waals surface area contributed by atoms with Crippen molar-refractivity contribution in [3.8, 4) is 0 Å². The molecule has 1 aromatic heterocycles. The highest BCUT2D eigenvalue weighted by Crippen LogP contribution is 2.13. The highest BCUT2D eigenvalue weighted by molar-refractivity contribution is 14.0. The van der Waals surface area contributed by atoms with Crippen LogP contribution in [-0.4, -0.2) is 69.2 Å². The molecule has 1 aliphatic rings. The number of aryl methyl sites for hydroxylation is 1. The van der Waals surface area contributed by atoms with Gasteiger partial charge in [-0.2, -0.15) is 0 Å². The maximum Gasteiger partial charge on any atom is 0.242 e. The van der Waals surface area contributed by atoms with Crippen LogP contribution in [0.15, 0.2) is 41.9 Å². The van der Waals surface area contributed by atoms with E-state index >= 15 is 0 Å². The van der Waals surface area contributed by atoms with Crippen molar-refractivity contribution in [3.63, 3.8) is 0 Å². The molecule has 0 aliphatic carbocycles. The molecule has 2 heterocycles. The van der Waals surface area contributed by atoms with Gasteiger partial charge in [0, 0.05) is 44.3 Å². The highest BCUT2D eigenvalue weighted by atomic mass is 127. The number of carbonyl (C=O) groups excluding carboxylic acids is 1. The lowest BCUT2D eigenvalue weighted by Gasteiger charge is -2.36. The predicted molar refractivity (Wildman–Crippen MR) is 129 cm³/mol. The lowest BCUT2D eigenvalue weighted by Crippen LogP contribution is -2.55. The van der Waals surface area contributed by atoms with Crippen molar-refractivity contribution in [2.45, 2.75) is 32.9 Å². The van der Waals surface area contributed by atoms with Crippen molar-refractivity contribution in [1.82, 2.24) is 29.9 Å². The standard InChI is InChI=1S/C20H28ClN7O.HI/c1-2-22-20(23-9-3-4-10-26-15-24-25-16-26)28-12-11-27(19(29)14-28)13-17-5-7-18(21)8-6-17;/h5-8,15-16H,2-4,9-14H2,1H3,(H,22,23);1H. The molecule has 1 aliphatic heterocycles. The van der Waals surface area contributed by atoms with Crippen molar-refractivity contribution in [2.24, 2.45) is 4.99 Å². The number of aliphatic imine (C=N–C) groups is 1. The summed E-state index contributed by atoms with van der Waals surface area (Å²) in [5.74, 6) is 0.931. The van der Waals surface area contributed by atoms with Crippen molar-refractivity contribution in [3.05, 3.63) is 47.5 Å². The fourth-order valence-corrected chi connectivity index (χ4v) is 3.35. The van der Waals surface area contributed by atoms with Crippen LogP contribution in [0.5, 0.6) is 0 Å². The second-order valence-corrected chi connectivity index (χ2v) is 7.44. The number of carbonyl (C=O) groups is 1. The summed E-state index contributed by atoms with van der Waals surface area (Å²) in [7, 11) is 0. The number of hydrogen-bond acceptors (Lipinski definition) is 4. The van der Waals surface area contributed by atoms with Gasteiger partial charge in [-0.3, -0.25) is 9.79 Å². The van der Waals surface area contributed by atoms with E-state index in [-0.39, 0.29) is 29.9 Å². The van der Waals surface area contributed by atoms with E-state index in [1.54, 1.807) is 12.7 Å². The van der Waals surface area contributed by atoms with Crippen molar-refractivity contribution < 1.29 is 4.79 Å². The first-order valence-corrected chi connectivity index (χ1v) is 10.4. The molecule has 1 fully saturated rings. The first-order valence-electron chi connectivity index (χ1n) is 10.0. The molecule has 0 unspecified atom stereocenters. The highest BCUT2D eigenvalue weighted by Gasteiger charge is 2.25. The van der Waals surface area contributed by atoms with Crippen LogP contribution < -0.4 is 5.32 Å². The summed E-state index contributed by atoms with van der Waals surface area (Å²) in [6.45, 7) is 6.84. The fourth-order valence-electron chi connectivity index (χ4n) is 3.22. The summed E-state index contributed by atoms with van der Waals surface area (Å²) in [5, 5.41) is 11.6. The predicted octanol–water partition coefficient (Wildman–Crippen LogP) is 2.64. The van der Waals surface area contributed by atoms with Crippen LogP contribution in [0.3, 0.4) is 0 Å². The zero-order valence-corrected chi connectivity index (χ0v) is 20.3. The van der Waals surface area contributed by atoms with Gasteiger partial charge in [0.05, 0.1) is 6.54 Å². The van der Waals surface area contributed by atoms with Gasteiger partial charge in [0.15, 0.2) is 5.96 Å². The fraction of sp³-hybridized carbons (Fsp3) is 0.500. The molecule has 164 valence electrons. The van der Waals surface area contributed by atoms with Gasteiger partial charge in [-0.25, -0.2) is 0 Å². The summed E-state index contributed by atoms with van der Waals surface area (Å²) in [6, 6.07) is 7.65. The van der Waals surface area contributed by atoms with Gasteiger partial charge < -0.3 is 19.7 Å². The number of piperazine rings is 1. The van der Waals surface area contributed by atoms with E-state index in [4.69, 9.17) is 16.6 Å². The molecule has 0 atom stereocenters. The minimum Gasteiger partial charge on any atom is -0.357 e. The Morgan fingerprint density at radius 2 is 1.90 bits per heavy atom. The van der Waals surface area contributed by atoms with Gasteiger partial charge in [0.1, 0.15) is 12.7 Å². The van der Waals surface area contributed by atoms with E-state index in [1.807, 2.05) is 45.6 Å². The number of rotatable bonds is 8. The smallest absolute Gasteiger partial charge is 0.242 e. The Morgan fingerprint density at radius 1 is 1.17 bits per heavy atom. The molecular weight excluding hydrogens is 517 g/mol. The minimum atomic E-state index is 0. The van der Waals surface area contributed by atoms with Crippen LogP contribution in [0.4, 0.5) is 0 Å². The van der Waals surface area contributed by atoms with Crippen LogP contribution in [0.25, 0.3) is 0 Å². The van der Waals surface area contributed by atoms with Crippen LogP contribution in [0, 0.1) is 0 Å². The molecule has 2 aromatic rings. The number of unbranched alkanes of at least 4 members (excludes halogenated alkanes) is 1. The lowest BCUT2D eigenvalue weighted by molar-refractivity contribution is -0.135. The Balaban J connectivity index is 0.00000320. The summed E-state index contributed by atoms with van der Waals surface area (Å²) in [6.07, 6.45) is 5.43. The second-order valence-electron chi connectivity index (χ2n) is 7.01. The van der Waals surface area contributed by atoms with Gasteiger partial charge in [-0.15, -0.1) is 34.2 Å². The van der Waals surface area contributed by atoms with Crippen molar-refractivity contribution in [2.75, 3.05) is 32.7 Å². The van der Waals surface area contributed by atoms with E-state index in [0.717, 1.165) is 50.5 Å². The Bertz CT molecular complexity index is 798. The monoisotopic (exact) mass is 545 g/mol. The number of amides is 1. The van der Waals surface area contributed by atoms with E-state index in [0.29, 0.717) is 24.7 Å².